The molecule has 152 valence electrons. The molecule has 0 fully saturated rings. The molecular weight excluding hydrogens is 460 g/mol. The molecule has 6 heteroatoms. The van der Waals surface area contributed by atoms with Gasteiger partial charge in [0.2, 0.25) is 0 Å². The summed E-state index contributed by atoms with van der Waals surface area (Å²) in [6, 6.07) is 21.6. The van der Waals surface area contributed by atoms with Gasteiger partial charge in [0.15, 0.2) is 0 Å². The van der Waals surface area contributed by atoms with Crippen LogP contribution >= 0.6 is 27.7 Å². The minimum atomic E-state index is -0.314. The predicted molar refractivity (Wildman–Crippen MR) is 126 cm³/mol. The van der Waals surface area contributed by atoms with Gasteiger partial charge in [0.25, 0.3) is 5.91 Å². The second kappa shape index (κ2) is 8.66. The third-order valence-electron chi connectivity index (χ3n) is 4.97. The van der Waals surface area contributed by atoms with Gasteiger partial charge >= 0.3 is 0 Å². The first-order chi connectivity index (χ1) is 14.5. The monoisotopic (exact) mass is 480 g/mol. The summed E-state index contributed by atoms with van der Waals surface area (Å²) in [5, 5.41) is 6.82. The Balaban J connectivity index is 1.79. The van der Waals surface area contributed by atoms with E-state index < -0.39 is 0 Å². The van der Waals surface area contributed by atoms with E-state index in [1.807, 2.05) is 80.6 Å². The number of carbonyl (C=O) groups is 1. The lowest BCUT2D eigenvalue weighted by atomic mass is 10.1. The van der Waals surface area contributed by atoms with E-state index in [0.29, 0.717) is 5.56 Å². The maximum Gasteiger partial charge on any atom is 0.275 e. The molecule has 0 saturated heterocycles. The summed E-state index contributed by atoms with van der Waals surface area (Å²) < 4.78 is 6.64. The van der Waals surface area contributed by atoms with Crippen molar-refractivity contribution in [2.45, 2.75) is 19.2 Å². The van der Waals surface area contributed by atoms with Crippen LogP contribution in [0.1, 0.15) is 38.0 Å². The number of aryl methyl sites for hydroxylation is 2. The number of amides is 1. The molecule has 0 aromatic heterocycles. The number of benzene rings is 3. The Hall–Kier alpha value is -2.57. The largest absolute Gasteiger partial charge is 0.496 e. The molecule has 3 aromatic carbocycles. The summed E-state index contributed by atoms with van der Waals surface area (Å²) in [7, 11) is 1.65. The third kappa shape index (κ3) is 4.02. The summed E-state index contributed by atoms with van der Waals surface area (Å²) in [4.78, 5) is 13.5. The molecule has 30 heavy (non-hydrogen) atoms. The molecule has 0 radical (unpaired) electrons. The van der Waals surface area contributed by atoms with Crippen LogP contribution in [-0.2, 0) is 0 Å². The summed E-state index contributed by atoms with van der Waals surface area (Å²) in [5.74, 6) is 0.627. The van der Waals surface area contributed by atoms with Crippen LogP contribution in [0.25, 0.3) is 0 Å². The van der Waals surface area contributed by atoms with E-state index in [4.69, 9.17) is 9.84 Å². The Labute approximate surface area is 189 Å². The second-order valence-electron chi connectivity index (χ2n) is 7.09. The van der Waals surface area contributed by atoms with Crippen molar-refractivity contribution in [2.75, 3.05) is 7.11 Å². The van der Waals surface area contributed by atoms with E-state index in [2.05, 4.69) is 15.9 Å². The number of ether oxygens (including phenoxy) is 1. The highest BCUT2D eigenvalue weighted by Gasteiger charge is 2.36. The summed E-state index contributed by atoms with van der Waals surface area (Å²) >= 11 is 5.03. The lowest BCUT2D eigenvalue weighted by molar-refractivity contribution is 0.0747. The van der Waals surface area contributed by atoms with E-state index in [9.17, 15) is 4.79 Å². The average Bonchev–Trinajstić information content (AvgIpc) is 3.19. The van der Waals surface area contributed by atoms with Crippen LogP contribution in [0.3, 0.4) is 0 Å². The number of methoxy groups -OCH3 is 1. The molecule has 0 aliphatic carbocycles. The van der Waals surface area contributed by atoms with Crippen LogP contribution in [0.5, 0.6) is 5.75 Å². The van der Waals surface area contributed by atoms with E-state index in [1.165, 1.54) is 0 Å². The lowest BCUT2D eigenvalue weighted by Gasteiger charge is -2.23. The smallest absolute Gasteiger partial charge is 0.275 e. The standard InChI is InChI=1S/C24H21BrN2O2S/c1-15-8-13-20(21(14-15)29-3)24-27(23(28)19-7-5-4-6-16(19)2)26-22(30-24)17-9-11-18(25)12-10-17/h4-14,24H,1-3H3. The number of nitrogens with zero attached hydrogens (tertiary/aromatic N) is 2. The zero-order chi connectivity index (χ0) is 21.3. The Morgan fingerprint density at radius 2 is 1.80 bits per heavy atom. The van der Waals surface area contributed by atoms with Crippen LogP contribution in [0, 0.1) is 13.8 Å². The van der Waals surface area contributed by atoms with Crippen LogP contribution in [0.15, 0.2) is 76.3 Å². The molecule has 0 saturated carbocycles. The molecule has 1 heterocycles. The zero-order valence-electron chi connectivity index (χ0n) is 16.9. The molecule has 0 bridgehead atoms. The number of hydrazone groups is 1. The van der Waals surface area contributed by atoms with E-state index in [1.54, 1.807) is 23.9 Å². The molecule has 1 aliphatic rings. The molecule has 4 nitrogen and oxygen atoms in total. The van der Waals surface area contributed by atoms with Gasteiger partial charge in [-0.05, 0) is 49.2 Å². The van der Waals surface area contributed by atoms with Gasteiger partial charge in [0, 0.05) is 21.2 Å². The Morgan fingerprint density at radius 1 is 1.07 bits per heavy atom. The summed E-state index contributed by atoms with van der Waals surface area (Å²) in [5.41, 5.74) is 4.57. The minimum absolute atomic E-state index is 0.125. The highest BCUT2D eigenvalue weighted by molar-refractivity contribution is 9.10. The van der Waals surface area contributed by atoms with Crippen molar-refractivity contribution in [2.24, 2.45) is 5.10 Å². The van der Waals surface area contributed by atoms with Gasteiger partial charge in [-0.25, -0.2) is 5.01 Å². The molecule has 3 aromatic rings. The number of halogens is 1. The Bertz CT molecular complexity index is 1130. The lowest BCUT2D eigenvalue weighted by Crippen LogP contribution is -2.27. The average molecular weight is 481 g/mol. The van der Waals surface area contributed by atoms with Gasteiger partial charge < -0.3 is 4.74 Å². The highest BCUT2D eigenvalue weighted by Crippen LogP contribution is 2.45. The van der Waals surface area contributed by atoms with Crippen molar-refractivity contribution in [3.05, 3.63) is 99.0 Å². The Morgan fingerprint density at radius 3 is 2.50 bits per heavy atom. The van der Waals surface area contributed by atoms with Gasteiger partial charge in [-0.1, -0.05) is 70.2 Å². The number of carbonyl (C=O) groups excluding carboxylic acids is 1. The minimum Gasteiger partial charge on any atom is -0.496 e. The normalized spacial score (nSPS) is 15.8. The molecule has 4 rings (SSSR count). The first kappa shape index (κ1) is 20.7. The fourth-order valence-corrected chi connectivity index (χ4v) is 4.80. The third-order valence-corrected chi connectivity index (χ3v) is 6.72. The van der Waals surface area contributed by atoms with Crippen molar-refractivity contribution in [1.82, 2.24) is 5.01 Å². The topological polar surface area (TPSA) is 41.9 Å². The van der Waals surface area contributed by atoms with Crippen LogP contribution < -0.4 is 4.74 Å². The van der Waals surface area contributed by atoms with Gasteiger partial charge in [0.05, 0.1) is 7.11 Å². The van der Waals surface area contributed by atoms with Gasteiger partial charge in [-0.3, -0.25) is 4.79 Å². The van der Waals surface area contributed by atoms with Gasteiger partial charge in [0.1, 0.15) is 16.2 Å². The first-order valence-corrected chi connectivity index (χ1v) is 11.2. The number of rotatable bonds is 4. The Kier molecular flexibility index (Phi) is 5.97. The van der Waals surface area contributed by atoms with Crippen molar-refractivity contribution in [1.29, 1.82) is 0 Å². The predicted octanol–water partition coefficient (Wildman–Crippen LogP) is 6.32. The van der Waals surface area contributed by atoms with Gasteiger partial charge in [-0.2, -0.15) is 5.10 Å². The van der Waals surface area contributed by atoms with Gasteiger partial charge in [-0.15, -0.1) is 0 Å². The zero-order valence-corrected chi connectivity index (χ0v) is 19.3. The number of hydrogen-bond donors (Lipinski definition) is 0. The van der Waals surface area contributed by atoms with Crippen molar-refractivity contribution in [3.8, 4) is 5.75 Å². The van der Waals surface area contributed by atoms with E-state index in [-0.39, 0.29) is 11.3 Å². The maximum atomic E-state index is 13.5. The molecule has 1 aliphatic heterocycles. The molecule has 0 spiro atoms. The van der Waals surface area contributed by atoms with Crippen molar-refractivity contribution >= 4 is 38.6 Å². The van der Waals surface area contributed by atoms with Crippen molar-refractivity contribution < 1.29 is 9.53 Å². The maximum absolute atomic E-state index is 13.5. The first-order valence-electron chi connectivity index (χ1n) is 9.53. The van der Waals surface area contributed by atoms with Crippen LogP contribution in [0.4, 0.5) is 0 Å². The summed E-state index contributed by atoms with van der Waals surface area (Å²) in [6.45, 7) is 3.96. The van der Waals surface area contributed by atoms with E-state index >= 15 is 0 Å². The van der Waals surface area contributed by atoms with Crippen LogP contribution in [0.2, 0.25) is 0 Å². The molecule has 1 amide bonds. The highest BCUT2D eigenvalue weighted by atomic mass is 79.9. The van der Waals surface area contributed by atoms with E-state index in [0.717, 1.165) is 37.5 Å². The fourth-order valence-electron chi connectivity index (χ4n) is 3.35. The second-order valence-corrected chi connectivity index (χ2v) is 9.08. The SMILES string of the molecule is COc1cc(C)ccc1C1SC(c2ccc(Br)cc2)=NN1C(=O)c1ccccc1C. The summed E-state index contributed by atoms with van der Waals surface area (Å²) in [6.07, 6.45) is 0. The number of thioether (sulfide) groups is 1. The quantitative estimate of drug-likeness (QED) is 0.438. The molecule has 1 atom stereocenters. The number of hydrogen-bond acceptors (Lipinski definition) is 4. The molecule has 1 unspecified atom stereocenters. The molecule has 0 N–H and O–H groups in total. The molecular formula is C24H21BrN2O2S. The van der Waals surface area contributed by atoms with Crippen molar-refractivity contribution in [3.63, 3.8) is 0 Å². The van der Waals surface area contributed by atoms with Crippen LogP contribution in [-0.4, -0.2) is 23.1 Å². The fraction of sp³-hybridized carbons (Fsp3) is 0.167.